The fraction of sp³-hybridized carbons (Fsp3) is 0.467. The summed E-state index contributed by atoms with van der Waals surface area (Å²) in [6.45, 7) is 4.34. The molecule has 1 aromatic rings. The number of nitrogen functional groups attached to an aromatic ring is 1. The molecule has 0 aliphatic carbocycles. The van der Waals surface area contributed by atoms with Gasteiger partial charge in [-0.15, -0.1) is 0 Å². The summed E-state index contributed by atoms with van der Waals surface area (Å²) in [7, 11) is 0. The lowest BCUT2D eigenvalue weighted by molar-refractivity contribution is -0.116. The van der Waals surface area contributed by atoms with Crippen LogP contribution in [0.4, 0.5) is 11.4 Å². The van der Waals surface area contributed by atoms with E-state index in [1.54, 1.807) is 6.07 Å². The van der Waals surface area contributed by atoms with Crippen molar-refractivity contribution >= 4 is 17.3 Å². The van der Waals surface area contributed by atoms with E-state index in [0.717, 1.165) is 17.8 Å². The number of rotatable bonds is 4. The van der Waals surface area contributed by atoms with Crippen molar-refractivity contribution < 1.29 is 9.53 Å². The zero-order valence-corrected chi connectivity index (χ0v) is 12.1. The van der Waals surface area contributed by atoms with Gasteiger partial charge in [-0.05, 0) is 24.6 Å². The van der Waals surface area contributed by atoms with Crippen LogP contribution in [-0.2, 0) is 9.53 Å². The highest BCUT2D eigenvalue weighted by Crippen LogP contribution is 2.20. The SMILES string of the molecule is Cc1c(N)cccc1NC(=O)CCN1CCOC(C#N)C1. The zero-order valence-electron chi connectivity index (χ0n) is 12.1. The van der Waals surface area contributed by atoms with Gasteiger partial charge in [-0.25, -0.2) is 0 Å². The minimum Gasteiger partial charge on any atom is -0.398 e. The van der Waals surface area contributed by atoms with E-state index in [2.05, 4.69) is 16.3 Å². The molecule has 6 nitrogen and oxygen atoms in total. The topological polar surface area (TPSA) is 91.4 Å². The predicted molar refractivity (Wildman–Crippen MR) is 80.6 cm³/mol. The molecule has 0 radical (unpaired) electrons. The summed E-state index contributed by atoms with van der Waals surface area (Å²) < 4.78 is 5.27. The summed E-state index contributed by atoms with van der Waals surface area (Å²) in [6, 6.07) is 7.56. The molecule has 0 bridgehead atoms. The predicted octanol–water partition coefficient (Wildman–Crippen LogP) is 1.13. The summed E-state index contributed by atoms with van der Waals surface area (Å²) in [5.41, 5.74) is 8.10. The number of ether oxygens (including phenoxy) is 1. The molecule has 3 N–H and O–H groups in total. The summed E-state index contributed by atoms with van der Waals surface area (Å²) in [6.07, 6.45) is -0.00942. The molecule has 1 atom stereocenters. The standard InChI is InChI=1S/C15H20N4O2/c1-11-13(17)3-2-4-14(11)18-15(20)5-6-19-7-8-21-12(9-16)10-19/h2-4,12H,5-8,10,17H2,1H3,(H,18,20). The number of nitrogens with one attached hydrogen (secondary N) is 1. The van der Waals surface area contributed by atoms with Gasteiger partial charge in [0.25, 0.3) is 0 Å². The van der Waals surface area contributed by atoms with E-state index in [9.17, 15) is 4.79 Å². The number of morpholine rings is 1. The quantitative estimate of drug-likeness (QED) is 0.810. The van der Waals surface area contributed by atoms with Crippen molar-refractivity contribution in [3.05, 3.63) is 23.8 Å². The third kappa shape index (κ3) is 4.18. The van der Waals surface area contributed by atoms with E-state index < -0.39 is 6.10 Å². The van der Waals surface area contributed by atoms with Crippen LogP contribution in [0.1, 0.15) is 12.0 Å². The number of anilines is 2. The van der Waals surface area contributed by atoms with Crippen molar-refractivity contribution in [3.63, 3.8) is 0 Å². The average molecular weight is 288 g/mol. The van der Waals surface area contributed by atoms with Crippen LogP contribution in [0.2, 0.25) is 0 Å². The van der Waals surface area contributed by atoms with E-state index in [0.29, 0.717) is 31.8 Å². The lowest BCUT2D eigenvalue weighted by Crippen LogP contribution is -2.42. The molecule has 1 amide bonds. The molecule has 0 saturated carbocycles. The minimum absolute atomic E-state index is 0.0521. The van der Waals surface area contributed by atoms with E-state index in [1.165, 1.54) is 0 Å². The Kier molecular flexibility index (Phi) is 5.14. The zero-order chi connectivity index (χ0) is 15.2. The second kappa shape index (κ2) is 7.07. The minimum atomic E-state index is -0.391. The smallest absolute Gasteiger partial charge is 0.225 e. The van der Waals surface area contributed by atoms with Gasteiger partial charge < -0.3 is 15.8 Å². The molecule has 1 fully saturated rings. The normalized spacial score (nSPS) is 19.0. The van der Waals surface area contributed by atoms with Crippen LogP contribution >= 0.6 is 0 Å². The first-order valence-corrected chi connectivity index (χ1v) is 6.98. The average Bonchev–Trinajstić information content (AvgIpc) is 2.50. The van der Waals surface area contributed by atoms with Gasteiger partial charge in [0.1, 0.15) is 0 Å². The Bertz CT molecular complexity index is 553. The van der Waals surface area contributed by atoms with Gasteiger partial charge in [-0.1, -0.05) is 6.07 Å². The summed E-state index contributed by atoms with van der Waals surface area (Å²) in [4.78, 5) is 14.1. The number of hydrogen-bond acceptors (Lipinski definition) is 5. The van der Waals surface area contributed by atoms with Crippen LogP contribution in [0.25, 0.3) is 0 Å². The van der Waals surface area contributed by atoms with Crippen LogP contribution in [0.15, 0.2) is 18.2 Å². The largest absolute Gasteiger partial charge is 0.398 e. The first-order chi connectivity index (χ1) is 10.1. The van der Waals surface area contributed by atoms with Gasteiger partial charge in [-0.2, -0.15) is 5.26 Å². The first kappa shape index (κ1) is 15.3. The number of nitriles is 1. The van der Waals surface area contributed by atoms with Gasteiger partial charge in [-0.3, -0.25) is 9.69 Å². The lowest BCUT2D eigenvalue weighted by Gasteiger charge is -2.29. The van der Waals surface area contributed by atoms with Crippen LogP contribution in [0.5, 0.6) is 0 Å². The maximum Gasteiger partial charge on any atom is 0.225 e. The Labute approximate surface area is 124 Å². The fourth-order valence-electron chi connectivity index (χ4n) is 2.25. The molecule has 1 aliphatic rings. The second-order valence-corrected chi connectivity index (χ2v) is 5.11. The third-order valence-corrected chi connectivity index (χ3v) is 3.60. The Hall–Kier alpha value is -2.10. The number of carbonyl (C=O) groups excluding carboxylic acids is 1. The van der Waals surface area contributed by atoms with Gasteiger partial charge in [0.2, 0.25) is 5.91 Å². The van der Waals surface area contributed by atoms with Crippen molar-refractivity contribution in [1.82, 2.24) is 4.90 Å². The highest BCUT2D eigenvalue weighted by Gasteiger charge is 2.20. The van der Waals surface area contributed by atoms with Crippen molar-refractivity contribution in [2.24, 2.45) is 0 Å². The molecular formula is C15H20N4O2. The molecule has 0 aromatic heterocycles. The fourth-order valence-corrected chi connectivity index (χ4v) is 2.25. The maximum atomic E-state index is 12.0. The van der Waals surface area contributed by atoms with Crippen LogP contribution in [0, 0.1) is 18.3 Å². The number of benzene rings is 1. The maximum absolute atomic E-state index is 12.0. The number of amides is 1. The van der Waals surface area contributed by atoms with E-state index in [-0.39, 0.29) is 5.91 Å². The van der Waals surface area contributed by atoms with Crippen molar-refractivity contribution in [3.8, 4) is 6.07 Å². The van der Waals surface area contributed by atoms with Crippen molar-refractivity contribution in [2.45, 2.75) is 19.4 Å². The van der Waals surface area contributed by atoms with Crippen LogP contribution in [-0.4, -0.2) is 43.2 Å². The molecule has 112 valence electrons. The Morgan fingerprint density at radius 1 is 1.62 bits per heavy atom. The van der Waals surface area contributed by atoms with Gasteiger partial charge >= 0.3 is 0 Å². The van der Waals surface area contributed by atoms with Crippen molar-refractivity contribution in [1.29, 1.82) is 5.26 Å². The Balaban J connectivity index is 1.82. The molecule has 1 aromatic carbocycles. The highest BCUT2D eigenvalue weighted by atomic mass is 16.5. The molecule has 1 saturated heterocycles. The molecule has 1 unspecified atom stereocenters. The molecule has 21 heavy (non-hydrogen) atoms. The molecule has 2 rings (SSSR count). The number of carbonyl (C=O) groups is 1. The first-order valence-electron chi connectivity index (χ1n) is 6.98. The lowest BCUT2D eigenvalue weighted by atomic mass is 10.1. The number of hydrogen-bond donors (Lipinski definition) is 2. The monoisotopic (exact) mass is 288 g/mol. The second-order valence-electron chi connectivity index (χ2n) is 5.11. The summed E-state index contributed by atoms with van der Waals surface area (Å²) in [5.74, 6) is -0.0521. The molecule has 1 heterocycles. The molecular weight excluding hydrogens is 268 g/mol. The third-order valence-electron chi connectivity index (χ3n) is 3.60. The van der Waals surface area contributed by atoms with E-state index >= 15 is 0 Å². The van der Waals surface area contributed by atoms with Gasteiger partial charge in [0.15, 0.2) is 6.10 Å². The summed E-state index contributed by atoms with van der Waals surface area (Å²) >= 11 is 0. The van der Waals surface area contributed by atoms with Crippen LogP contribution in [0.3, 0.4) is 0 Å². The van der Waals surface area contributed by atoms with Gasteiger partial charge in [0.05, 0.1) is 12.7 Å². The molecule has 0 spiro atoms. The van der Waals surface area contributed by atoms with Crippen molar-refractivity contribution in [2.75, 3.05) is 37.3 Å². The number of nitrogens with zero attached hydrogens (tertiary/aromatic N) is 2. The Morgan fingerprint density at radius 3 is 3.19 bits per heavy atom. The van der Waals surface area contributed by atoms with Crippen LogP contribution < -0.4 is 11.1 Å². The molecule has 1 aliphatic heterocycles. The van der Waals surface area contributed by atoms with E-state index in [4.69, 9.17) is 15.7 Å². The number of nitrogens with two attached hydrogens (primary N) is 1. The summed E-state index contributed by atoms with van der Waals surface area (Å²) in [5, 5.41) is 11.7. The molecule has 6 heteroatoms. The highest BCUT2D eigenvalue weighted by molar-refractivity contribution is 5.92. The van der Waals surface area contributed by atoms with E-state index in [1.807, 2.05) is 19.1 Å². The van der Waals surface area contributed by atoms with Gasteiger partial charge in [0, 0.05) is 37.4 Å². The Morgan fingerprint density at radius 2 is 2.43 bits per heavy atom.